The van der Waals surface area contributed by atoms with Crippen LogP contribution in [0, 0.1) is 6.92 Å². The Morgan fingerprint density at radius 1 is 1.35 bits per heavy atom. The van der Waals surface area contributed by atoms with Crippen LogP contribution in [-0.4, -0.2) is 42.2 Å². The number of amides is 1. The van der Waals surface area contributed by atoms with Gasteiger partial charge in [-0.15, -0.1) is 0 Å². The molecule has 3 rings (SSSR count). The second-order valence-corrected chi connectivity index (χ2v) is 5.95. The number of esters is 1. The molecule has 0 fully saturated rings. The van der Waals surface area contributed by atoms with E-state index >= 15 is 0 Å². The zero-order valence-corrected chi connectivity index (χ0v) is 14.4. The molecule has 2 heterocycles. The van der Waals surface area contributed by atoms with Gasteiger partial charge in [-0.3, -0.25) is 14.6 Å². The Hall–Kier alpha value is -2.71. The minimum atomic E-state index is -1.02. The van der Waals surface area contributed by atoms with Crippen LogP contribution in [0.4, 0.5) is 0 Å². The highest BCUT2D eigenvalue weighted by molar-refractivity contribution is 6.62. The highest BCUT2D eigenvalue weighted by atomic mass is 16.5. The molecule has 2 N–H and O–H groups in total. The average molecular weight is 354 g/mol. The molecular weight excluding hydrogens is 335 g/mol. The molecule has 0 radical (unpaired) electrons. The molecule has 0 atom stereocenters. The molecule has 8 heteroatoms. The maximum Gasteiger partial charge on any atom is 0.492 e. The summed E-state index contributed by atoms with van der Waals surface area (Å²) in [5, 5.41) is 12.4. The summed E-state index contributed by atoms with van der Waals surface area (Å²) in [7, 11) is -1.02. The van der Waals surface area contributed by atoms with Crippen LogP contribution in [-0.2, 0) is 27.2 Å². The zero-order valence-electron chi connectivity index (χ0n) is 14.4. The zero-order chi connectivity index (χ0) is 18.5. The molecule has 7 nitrogen and oxygen atoms in total. The van der Waals surface area contributed by atoms with Gasteiger partial charge in [0.25, 0.3) is 5.91 Å². The van der Waals surface area contributed by atoms with Crippen molar-refractivity contribution < 1.29 is 24.0 Å². The first-order valence-corrected chi connectivity index (χ1v) is 8.32. The van der Waals surface area contributed by atoms with Gasteiger partial charge in [0.05, 0.1) is 13.2 Å². The monoisotopic (exact) mass is 354 g/mol. The first-order valence-electron chi connectivity index (χ1n) is 8.32. The number of hydrogen-bond acceptors (Lipinski definition) is 6. The lowest BCUT2D eigenvalue weighted by atomic mass is 9.75. The predicted octanol–water partition coefficient (Wildman–Crippen LogP) is 0.123. The Bertz CT molecular complexity index is 813. The first kappa shape index (κ1) is 18.1. The highest BCUT2D eigenvalue weighted by Crippen LogP contribution is 2.16. The second-order valence-electron chi connectivity index (χ2n) is 5.95. The third kappa shape index (κ3) is 4.09. The highest BCUT2D eigenvalue weighted by Gasteiger charge is 2.31. The largest absolute Gasteiger partial charge is 0.492 e. The van der Waals surface area contributed by atoms with Crippen molar-refractivity contribution in [1.29, 1.82) is 0 Å². The average Bonchev–Trinajstić information content (AvgIpc) is 3.03. The van der Waals surface area contributed by atoms with Crippen LogP contribution in [0.15, 0.2) is 36.5 Å². The van der Waals surface area contributed by atoms with Gasteiger partial charge in [-0.25, -0.2) is 0 Å². The second kappa shape index (κ2) is 8.12. The molecule has 0 bridgehead atoms. The third-order valence-corrected chi connectivity index (χ3v) is 4.23. The molecule has 1 aliphatic heterocycles. The van der Waals surface area contributed by atoms with E-state index in [1.807, 2.05) is 18.2 Å². The van der Waals surface area contributed by atoms with E-state index in [1.165, 1.54) is 0 Å². The van der Waals surface area contributed by atoms with Gasteiger partial charge < -0.3 is 19.7 Å². The van der Waals surface area contributed by atoms with Gasteiger partial charge in [0, 0.05) is 23.9 Å². The molecule has 0 unspecified atom stereocenters. The van der Waals surface area contributed by atoms with Crippen molar-refractivity contribution in [2.24, 2.45) is 0 Å². The van der Waals surface area contributed by atoms with Crippen molar-refractivity contribution in [3.05, 3.63) is 58.9 Å². The maximum absolute atomic E-state index is 12.3. The van der Waals surface area contributed by atoms with Crippen molar-refractivity contribution >= 4 is 24.5 Å². The fraction of sp³-hybridized carbons (Fsp3) is 0.278. The van der Waals surface area contributed by atoms with E-state index in [2.05, 4.69) is 10.3 Å². The number of nitrogens with zero attached hydrogens (tertiary/aromatic N) is 1. The van der Waals surface area contributed by atoms with E-state index in [0.29, 0.717) is 29.6 Å². The van der Waals surface area contributed by atoms with Crippen molar-refractivity contribution in [3.8, 4) is 0 Å². The number of hydrogen-bond donors (Lipinski definition) is 2. The Labute approximate surface area is 151 Å². The van der Waals surface area contributed by atoms with Gasteiger partial charge in [-0.1, -0.05) is 12.1 Å². The molecule has 1 aromatic carbocycles. The van der Waals surface area contributed by atoms with E-state index in [1.54, 1.807) is 25.3 Å². The van der Waals surface area contributed by atoms with Crippen LogP contribution >= 0.6 is 0 Å². The van der Waals surface area contributed by atoms with E-state index in [0.717, 1.165) is 11.3 Å². The minimum absolute atomic E-state index is 0.202. The fourth-order valence-electron chi connectivity index (χ4n) is 2.87. The number of aromatic nitrogens is 1. The van der Waals surface area contributed by atoms with Crippen LogP contribution in [0.3, 0.4) is 0 Å². The number of nitrogens with one attached hydrogen (secondary N) is 1. The lowest BCUT2D eigenvalue weighted by Crippen LogP contribution is -2.35. The van der Waals surface area contributed by atoms with E-state index in [4.69, 9.17) is 9.39 Å². The van der Waals surface area contributed by atoms with E-state index in [-0.39, 0.29) is 13.2 Å². The molecular formula is C18H19BN2O5. The molecule has 0 saturated carbocycles. The Balaban J connectivity index is 1.50. The Kier molecular flexibility index (Phi) is 5.65. The quantitative estimate of drug-likeness (QED) is 0.565. The fourth-order valence-corrected chi connectivity index (χ4v) is 2.87. The van der Waals surface area contributed by atoms with Gasteiger partial charge in [-0.2, -0.15) is 0 Å². The summed E-state index contributed by atoms with van der Waals surface area (Å²) < 4.78 is 10.3. The van der Waals surface area contributed by atoms with Crippen LogP contribution < -0.4 is 10.8 Å². The molecule has 1 aromatic heterocycles. The lowest BCUT2D eigenvalue weighted by Gasteiger charge is -2.11. The minimum Gasteiger partial charge on any atom is -0.464 e. The number of carbonyl (C=O) groups is 2. The van der Waals surface area contributed by atoms with Crippen LogP contribution in [0.5, 0.6) is 0 Å². The molecule has 1 aliphatic rings. The van der Waals surface area contributed by atoms with Gasteiger partial charge in [-0.05, 0) is 41.7 Å². The van der Waals surface area contributed by atoms with Crippen LogP contribution in [0.1, 0.15) is 27.2 Å². The van der Waals surface area contributed by atoms with Gasteiger partial charge >= 0.3 is 13.1 Å². The number of ether oxygens (including phenoxy) is 1. The first-order chi connectivity index (χ1) is 12.6. The topological polar surface area (TPSA) is 97.8 Å². The Morgan fingerprint density at radius 2 is 2.19 bits per heavy atom. The summed E-state index contributed by atoms with van der Waals surface area (Å²) in [6.45, 7) is 2.04. The summed E-state index contributed by atoms with van der Waals surface area (Å²) in [6.07, 6.45) is 2.20. The van der Waals surface area contributed by atoms with E-state index < -0.39 is 19.0 Å². The van der Waals surface area contributed by atoms with Crippen LogP contribution in [0.25, 0.3) is 0 Å². The molecule has 1 amide bonds. The van der Waals surface area contributed by atoms with Crippen LogP contribution in [0.2, 0.25) is 0 Å². The van der Waals surface area contributed by atoms with Crippen molar-refractivity contribution in [2.45, 2.75) is 20.0 Å². The predicted molar refractivity (Wildman–Crippen MR) is 94.8 cm³/mol. The smallest absolute Gasteiger partial charge is 0.464 e. The van der Waals surface area contributed by atoms with Gasteiger partial charge in [0.15, 0.2) is 0 Å². The summed E-state index contributed by atoms with van der Waals surface area (Å²) in [4.78, 5) is 28.2. The summed E-state index contributed by atoms with van der Waals surface area (Å²) in [6, 6.07) is 8.95. The molecule has 26 heavy (non-hydrogen) atoms. The Morgan fingerprint density at radius 3 is 2.96 bits per heavy atom. The summed E-state index contributed by atoms with van der Waals surface area (Å²) in [5.41, 5.74) is 3.36. The van der Waals surface area contributed by atoms with Crippen molar-refractivity contribution in [3.63, 3.8) is 0 Å². The van der Waals surface area contributed by atoms with Crippen molar-refractivity contribution in [2.75, 3.05) is 13.2 Å². The van der Waals surface area contributed by atoms with Gasteiger partial charge in [0.2, 0.25) is 0 Å². The number of carbonyl (C=O) groups excluding carboxylic acids is 2. The normalized spacial score (nSPS) is 12.6. The standard InChI is InChI=1S/C18H19BN2O5/c1-12-15(6-5-13-11-26-19(24)17(12)13)18(23)21-10-16(22)25-9-7-14-4-2-3-8-20-14/h2-6,8,24H,7,9-11H2,1H3,(H,21,23). The summed E-state index contributed by atoms with van der Waals surface area (Å²) >= 11 is 0. The lowest BCUT2D eigenvalue weighted by molar-refractivity contribution is -0.142. The molecule has 0 saturated heterocycles. The molecule has 2 aromatic rings. The molecule has 0 spiro atoms. The number of fused-ring (bicyclic) bond motifs is 1. The number of benzene rings is 1. The third-order valence-electron chi connectivity index (χ3n) is 4.23. The summed E-state index contributed by atoms with van der Waals surface area (Å²) in [5.74, 6) is -0.914. The number of rotatable bonds is 6. The number of pyridine rings is 1. The molecule has 134 valence electrons. The van der Waals surface area contributed by atoms with Gasteiger partial charge in [0.1, 0.15) is 6.54 Å². The molecule has 0 aliphatic carbocycles. The maximum atomic E-state index is 12.3. The SMILES string of the molecule is Cc1c(C(=O)NCC(=O)OCCc2ccccn2)ccc2c1B(O)OC2. The van der Waals surface area contributed by atoms with E-state index in [9.17, 15) is 14.6 Å². The van der Waals surface area contributed by atoms with Crippen molar-refractivity contribution in [1.82, 2.24) is 10.3 Å².